The topological polar surface area (TPSA) is 38.5 Å². The molecule has 1 aliphatic rings. The highest BCUT2D eigenvalue weighted by atomic mass is 79.9. The van der Waals surface area contributed by atoms with Crippen LogP contribution < -0.4 is 5.73 Å². The maximum Gasteiger partial charge on any atom is 0.124 e. The van der Waals surface area contributed by atoms with Gasteiger partial charge in [0.2, 0.25) is 0 Å². The summed E-state index contributed by atoms with van der Waals surface area (Å²) in [6, 6.07) is 4.83. The highest BCUT2D eigenvalue weighted by Crippen LogP contribution is 2.28. The number of halogens is 2. The second-order valence-corrected chi connectivity index (χ2v) is 6.20. The van der Waals surface area contributed by atoms with Gasteiger partial charge >= 0.3 is 0 Å². The number of benzene rings is 1. The SMILES string of the molecule is CN(CC1CCCCO1)C(CN)c1ccc(F)cc1Br. The summed E-state index contributed by atoms with van der Waals surface area (Å²) in [4.78, 5) is 2.20. The minimum absolute atomic E-state index is 0.0653. The van der Waals surface area contributed by atoms with Gasteiger partial charge in [0.1, 0.15) is 5.82 Å². The maximum absolute atomic E-state index is 13.2. The van der Waals surface area contributed by atoms with Gasteiger partial charge < -0.3 is 10.5 Å². The Morgan fingerprint density at radius 3 is 2.90 bits per heavy atom. The van der Waals surface area contributed by atoms with E-state index in [1.165, 1.54) is 18.6 Å². The molecule has 2 atom stereocenters. The predicted molar refractivity (Wildman–Crippen MR) is 82.1 cm³/mol. The lowest BCUT2D eigenvalue weighted by molar-refractivity contribution is -0.00782. The van der Waals surface area contributed by atoms with Crippen molar-refractivity contribution in [3.8, 4) is 0 Å². The maximum atomic E-state index is 13.2. The van der Waals surface area contributed by atoms with Crippen molar-refractivity contribution in [1.82, 2.24) is 4.90 Å². The summed E-state index contributed by atoms with van der Waals surface area (Å²) in [5, 5.41) is 0. The fraction of sp³-hybridized carbons (Fsp3) is 0.600. The third-order valence-electron chi connectivity index (χ3n) is 3.84. The van der Waals surface area contributed by atoms with Gasteiger partial charge in [0.05, 0.1) is 6.10 Å². The van der Waals surface area contributed by atoms with E-state index in [1.54, 1.807) is 6.07 Å². The standard InChI is InChI=1S/C15H22BrFN2O/c1-19(10-12-4-2-3-7-20-12)15(9-18)13-6-5-11(17)8-14(13)16/h5-6,8,12,15H,2-4,7,9-10,18H2,1H3. The molecule has 2 unspecified atom stereocenters. The smallest absolute Gasteiger partial charge is 0.124 e. The molecule has 112 valence electrons. The van der Waals surface area contributed by atoms with Gasteiger partial charge in [0.15, 0.2) is 0 Å². The summed E-state index contributed by atoms with van der Waals surface area (Å²) in [5.41, 5.74) is 6.94. The monoisotopic (exact) mass is 344 g/mol. The van der Waals surface area contributed by atoms with E-state index < -0.39 is 0 Å². The van der Waals surface area contributed by atoms with Gasteiger partial charge in [0, 0.05) is 30.2 Å². The van der Waals surface area contributed by atoms with E-state index in [4.69, 9.17) is 10.5 Å². The number of hydrogen-bond donors (Lipinski definition) is 1. The molecule has 0 bridgehead atoms. The van der Waals surface area contributed by atoms with E-state index >= 15 is 0 Å². The van der Waals surface area contributed by atoms with Crippen LogP contribution in [0.15, 0.2) is 22.7 Å². The second-order valence-electron chi connectivity index (χ2n) is 5.35. The van der Waals surface area contributed by atoms with Crippen LogP contribution in [0.25, 0.3) is 0 Å². The summed E-state index contributed by atoms with van der Waals surface area (Å²) in [5.74, 6) is -0.241. The van der Waals surface area contributed by atoms with Crippen LogP contribution in [0.5, 0.6) is 0 Å². The lowest BCUT2D eigenvalue weighted by Gasteiger charge is -2.33. The lowest BCUT2D eigenvalue weighted by Crippen LogP contribution is -2.38. The third kappa shape index (κ3) is 4.01. The highest BCUT2D eigenvalue weighted by molar-refractivity contribution is 9.10. The number of rotatable bonds is 5. The van der Waals surface area contributed by atoms with Crippen LogP contribution in [0, 0.1) is 5.82 Å². The minimum Gasteiger partial charge on any atom is -0.377 e. The molecule has 1 aromatic rings. The molecule has 2 N–H and O–H groups in total. The fourth-order valence-corrected chi connectivity index (χ4v) is 3.33. The zero-order chi connectivity index (χ0) is 14.5. The summed E-state index contributed by atoms with van der Waals surface area (Å²) in [7, 11) is 2.05. The number of ether oxygens (including phenoxy) is 1. The number of likely N-dealkylation sites (N-methyl/N-ethyl adjacent to an activating group) is 1. The number of hydrogen-bond acceptors (Lipinski definition) is 3. The Kier molecular flexibility index (Phi) is 5.96. The lowest BCUT2D eigenvalue weighted by atomic mass is 10.0. The van der Waals surface area contributed by atoms with Crippen molar-refractivity contribution < 1.29 is 9.13 Å². The van der Waals surface area contributed by atoms with Crippen molar-refractivity contribution >= 4 is 15.9 Å². The van der Waals surface area contributed by atoms with Crippen molar-refractivity contribution in [3.63, 3.8) is 0 Å². The van der Waals surface area contributed by atoms with E-state index in [0.29, 0.717) is 6.54 Å². The van der Waals surface area contributed by atoms with E-state index in [0.717, 1.165) is 36.0 Å². The van der Waals surface area contributed by atoms with Crippen LogP contribution in [0.1, 0.15) is 30.9 Å². The van der Waals surface area contributed by atoms with Crippen LogP contribution in [-0.4, -0.2) is 37.7 Å². The Bertz CT molecular complexity index is 438. The van der Waals surface area contributed by atoms with Gasteiger partial charge in [-0.2, -0.15) is 0 Å². The Morgan fingerprint density at radius 2 is 2.30 bits per heavy atom. The molecule has 3 nitrogen and oxygen atoms in total. The normalized spacial score (nSPS) is 21.1. The Balaban J connectivity index is 2.06. The fourth-order valence-electron chi connectivity index (χ4n) is 2.72. The molecule has 2 rings (SSSR count). The van der Waals surface area contributed by atoms with Gasteiger partial charge in [-0.3, -0.25) is 4.90 Å². The van der Waals surface area contributed by atoms with Crippen LogP contribution in [0.2, 0.25) is 0 Å². The van der Waals surface area contributed by atoms with Crippen molar-refractivity contribution in [2.75, 3.05) is 26.7 Å². The second kappa shape index (κ2) is 7.50. The molecular weight excluding hydrogens is 323 g/mol. The Morgan fingerprint density at radius 1 is 1.50 bits per heavy atom. The van der Waals surface area contributed by atoms with Crippen LogP contribution in [0.4, 0.5) is 4.39 Å². The molecule has 0 radical (unpaired) electrons. The molecule has 0 amide bonds. The Hall–Kier alpha value is -0.490. The molecule has 1 aliphatic heterocycles. The zero-order valence-electron chi connectivity index (χ0n) is 11.8. The first-order valence-corrected chi connectivity index (χ1v) is 7.88. The van der Waals surface area contributed by atoms with E-state index in [9.17, 15) is 4.39 Å². The molecule has 0 saturated carbocycles. The number of nitrogens with zero attached hydrogens (tertiary/aromatic N) is 1. The molecule has 20 heavy (non-hydrogen) atoms. The molecule has 0 aromatic heterocycles. The van der Waals surface area contributed by atoms with E-state index in [-0.39, 0.29) is 18.0 Å². The van der Waals surface area contributed by atoms with Crippen LogP contribution in [0.3, 0.4) is 0 Å². The average Bonchev–Trinajstić information content (AvgIpc) is 2.43. The van der Waals surface area contributed by atoms with Crippen LogP contribution >= 0.6 is 15.9 Å². The van der Waals surface area contributed by atoms with E-state index in [2.05, 4.69) is 20.8 Å². The third-order valence-corrected chi connectivity index (χ3v) is 4.53. The minimum atomic E-state index is -0.241. The quantitative estimate of drug-likeness (QED) is 0.891. The molecule has 1 saturated heterocycles. The van der Waals surface area contributed by atoms with Gasteiger partial charge in [-0.25, -0.2) is 4.39 Å². The Labute approximate surface area is 128 Å². The highest BCUT2D eigenvalue weighted by Gasteiger charge is 2.23. The molecule has 1 heterocycles. The molecule has 0 spiro atoms. The molecule has 0 aliphatic carbocycles. The van der Waals surface area contributed by atoms with Crippen molar-refractivity contribution in [2.45, 2.75) is 31.4 Å². The summed E-state index contributed by atoms with van der Waals surface area (Å²) in [6.07, 6.45) is 3.77. The summed E-state index contributed by atoms with van der Waals surface area (Å²) in [6.45, 7) is 2.20. The largest absolute Gasteiger partial charge is 0.377 e. The molecule has 1 fully saturated rings. The van der Waals surface area contributed by atoms with Crippen molar-refractivity contribution in [3.05, 3.63) is 34.1 Å². The molecule has 1 aromatic carbocycles. The van der Waals surface area contributed by atoms with Crippen molar-refractivity contribution in [2.24, 2.45) is 5.73 Å². The summed E-state index contributed by atoms with van der Waals surface area (Å²) >= 11 is 3.43. The molecular formula is C15H22BrFN2O. The first-order valence-electron chi connectivity index (χ1n) is 7.08. The van der Waals surface area contributed by atoms with Gasteiger partial charge in [0.25, 0.3) is 0 Å². The molecule has 5 heteroatoms. The predicted octanol–water partition coefficient (Wildman–Crippen LogP) is 3.09. The van der Waals surface area contributed by atoms with Gasteiger partial charge in [-0.1, -0.05) is 22.0 Å². The first kappa shape index (κ1) is 15.9. The average molecular weight is 345 g/mol. The van der Waals surface area contributed by atoms with E-state index in [1.807, 2.05) is 7.05 Å². The summed E-state index contributed by atoms with van der Waals surface area (Å²) < 4.78 is 19.7. The van der Waals surface area contributed by atoms with Gasteiger partial charge in [-0.15, -0.1) is 0 Å². The van der Waals surface area contributed by atoms with Crippen molar-refractivity contribution in [1.29, 1.82) is 0 Å². The zero-order valence-corrected chi connectivity index (χ0v) is 13.4. The number of nitrogens with two attached hydrogens (primary N) is 1. The van der Waals surface area contributed by atoms with Gasteiger partial charge in [-0.05, 0) is 44.0 Å². The van der Waals surface area contributed by atoms with Crippen LogP contribution in [-0.2, 0) is 4.74 Å². The first-order chi connectivity index (χ1) is 9.61.